The minimum absolute atomic E-state index is 0.131. The second-order valence-corrected chi connectivity index (χ2v) is 6.84. The summed E-state index contributed by atoms with van der Waals surface area (Å²) in [4.78, 5) is 29.4. The normalized spacial score (nSPS) is 18.2. The molecule has 0 bridgehead atoms. The van der Waals surface area contributed by atoms with Gasteiger partial charge in [0.2, 0.25) is 0 Å². The second-order valence-electron chi connectivity index (χ2n) is 6.84. The van der Waals surface area contributed by atoms with Crippen LogP contribution < -0.4 is 5.32 Å². The van der Waals surface area contributed by atoms with Crippen LogP contribution in [0.25, 0.3) is 11.3 Å². The van der Waals surface area contributed by atoms with Crippen LogP contribution >= 0.6 is 0 Å². The number of likely N-dealkylation sites (tertiary alicyclic amines) is 1. The molecule has 1 aliphatic heterocycles. The monoisotopic (exact) mass is 407 g/mol. The van der Waals surface area contributed by atoms with Gasteiger partial charge in [-0.3, -0.25) is 9.48 Å². The van der Waals surface area contributed by atoms with Gasteiger partial charge in [0.1, 0.15) is 0 Å². The van der Waals surface area contributed by atoms with Gasteiger partial charge in [-0.2, -0.15) is 5.26 Å². The third-order valence-electron chi connectivity index (χ3n) is 4.84. The van der Waals surface area contributed by atoms with Crippen LogP contribution in [0.1, 0.15) is 22.7 Å². The number of benzene rings is 1. The van der Waals surface area contributed by atoms with Gasteiger partial charge in [0.25, 0.3) is 5.89 Å². The van der Waals surface area contributed by atoms with Crippen LogP contribution in [0, 0.1) is 11.3 Å². The average Bonchev–Trinajstić information content (AvgIpc) is 3.49. The van der Waals surface area contributed by atoms with Gasteiger partial charge in [-0.15, -0.1) is 5.10 Å². The molecule has 3 heterocycles. The molecule has 30 heavy (non-hydrogen) atoms. The molecule has 3 aromatic rings. The Kier molecular flexibility index (Phi) is 5.13. The maximum atomic E-state index is 12.6. The summed E-state index contributed by atoms with van der Waals surface area (Å²) >= 11 is 0. The first kappa shape index (κ1) is 19.1. The van der Waals surface area contributed by atoms with Crippen LogP contribution in [0.4, 0.5) is 4.79 Å². The van der Waals surface area contributed by atoms with E-state index in [1.54, 1.807) is 35.1 Å². The van der Waals surface area contributed by atoms with Crippen LogP contribution in [0.3, 0.4) is 0 Å². The molecule has 2 amide bonds. The summed E-state index contributed by atoms with van der Waals surface area (Å²) in [7, 11) is 0. The number of oxazole rings is 1. The highest BCUT2D eigenvalue weighted by Gasteiger charge is 2.37. The third-order valence-corrected chi connectivity index (χ3v) is 4.84. The summed E-state index contributed by atoms with van der Waals surface area (Å²) in [5, 5.41) is 28.8. The molecule has 1 aliphatic rings. The van der Waals surface area contributed by atoms with Gasteiger partial charge < -0.3 is 19.7 Å². The molecule has 1 saturated heterocycles. The van der Waals surface area contributed by atoms with Crippen molar-refractivity contribution in [3.05, 3.63) is 54.3 Å². The lowest BCUT2D eigenvalue weighted by atomic mass is 10.1. The first-order valence-corrected chi connectivity index (χ1v) is 9.14. The van der Waals surface area contributed by atoms with E-state index in [1.807, 2.05) is 6.07 Å². The average molecular weight is 407 g/mol. The number of rotatable bonds is 5. The highest BCUT2D eigenvalue weighted by Crippen LogP contribution is 2.23. The molecule has 0 unspecified atom stereocenters. The Hall–Kier alpha value is -4.20. The van der Waals surface area contributed by atoms with E-state index >= 15 is 0 Å². The fraction of sp³-hybridized carbons (Fsp3) is 0.263. The number of carboxylic acid groups (broad SMARTS) is 1. The zero-order valence-corrected chi connectivity index (χ0v) is 15.7. The maximum absolute atomic E-state index is 12.6. The first-order valence-electron chi connectivity index (χ1n) is 9.14. The van der Waals surface area contributed by atoms with Crippen LogP contribution in [0.15, 0.2) is 47.3 Å². The minimum Gasteiger partial charge on any atom is -0.465 e. The third kappa shape index (κ3) is 3.97. The molecule has 152 valence electrons. The summed E-state index contributed by atoms with van der Waals surface area (Å²) in [6.45, 7) is 0.495. The number of nitrogens with zero attached hydrogens (tertiary/aromatic N) is 6. The van der Waals surface area contributed by atoms with Crippen molar-refractivity contribution in [2.75, 3.05) is 6.54 Å². The van der Waals surface area contributed by atoms with Crippen molar-refractivity contribution in [3.8, 4) is 17.4 Å². The molecule has 0 saturated carbocycles. The molecule has 4 rings (SSSR count). The molecule has 11 heteroatoms. The predicted molar refractivity (Wildman–Crippen MR) is 101 cm³/mol. The zero-order valence-electron chi connectivity index (χ0n) is 15.7. The van der Waals surface area contributed by atoms with Crippen molar-refractivity contribution in [2.45, 2.75) is 25.0 Å². The molecule has 1 aromatic carbocycles. The lowest BCUT2D eigenvalue weighted by molar-refractivity contribution is 0.0901. The topological polar surface area (TPSA) is 150 Å². The van der Waals surface area contributed by atoms with Crippen LogP contribution in [-0.2, 0) is 6.54 Å². The molecule has 2 aromatic heterocycles. The Morgan fingerprint density at radius 2 is 2.27 bits per heavy atom. The van der Waals surface area contributed by atoms with Crippen LogP contribution in [0.2, 0.25) is 0 Å². The van der Waals surface area contributed by atoms with Gasteiger partial charge in [0.15, 0.2) is 5.76 Å². The Morgan fingerprint density at radius 1 is 1.40 bits per heavy atom. The Balaban J connectivity index is 1.43. The highest BCUT2D eigenvalue weighted by molar-refractivity contribution is 5.90. The molecular formula is C19H17N7O4. The molecule has 2 atom stereocenters. The van der Waals surface area contributed by atoms with Crippen LogP contribution in [-0.4, -0.2) is 60.6 Å². The molecule has 1 fully saturated rings. The number of carbonyl (C=O) groups is 2. The van der Waals surface area contributed by atoms with Gasteiger partial charge in [-0.05, 0) is 18.6 Å². The summed E-state index contributed by atoms with van der Waals surface area (Å²) in [6.07, 6.45) is 3.95. The largest absolute Gasteiger partial charge is 0.465 e. The van der Waals surface area contributed by atoms with Crippen molar-refractivity contribution in [2.24, 2.45) is 0 Å². The number of hydrogen-bond donors (Lipinski definition) is 2. The molecule has 0 aliphatic carbocycles. The summed E-state index contributed by atoms with van der Waals surface area (Å²) in [5.74, 6) is -0.303. The molecule has 2 N–H and O–H groups in total. The molecule has 0 radical (unpaired) electrons. The minimum atomic E-state index is -1.06. The molecule has 0 spiro atoms. The quantitative estimate of drug-likeness (QED) is 0.643. The fourth-order valence-corrected chi connectivity index (χ4v) is 3.48. The van der Waals surface area contributed by atoms with E-state index in [0.29, 0.717) is 29.9 Å². The van der Waals surface area contributed by atoms with Gasteiger partial charge in [0, 0.05) is 24.3 Å². The van der Waals surface area contributed by atoms with Crippen molar-refractivity contribution in [1.29, 1.82) is 5.26 Å². The number of aromatic nitrogens is 4. The lowest BCUT2D eigenvalue weighted by Crippen LogP contribution is -2.39. The van der Waals surface area contributed by atoms with Crippen LogP contribution in [0.5, 0.6) is 0 Å². The fourth-order valence-electron chi connectivity index (χ4n) is 3.48. The highest BCUT2D eigenvalue weighted by atomic mass is 16.4. The van der Waals surface area contributed by atoms with E-state index < -0.39 is 12.0 Å². The van der Waals surface area contributed by atoms with Gasteiger partial charge in [-0.1, -0.05) is 17.3 Å². The lowest BCUT2D eigenvalue weighted by Gasteiger charge is -2.20. The van der Waals surface area contributed by atoms with Gasteiger partial charge >= 0.3 is 12.0 Å². The first-order chi connectivity index (χ1) is 14.5. The van der Waals surface area contributed by atoms with Crippen molar-refractivity contribution in [1.82, 2.24) is 30.2 Å². The summed E-state index contributed by atoms with van der Waals surface area (Å²) in [6, 6.07) is 8.07. The molecule has 11 nitrogen and oxygen atoms in total. The van der Waals surface area contributed by atoms with Crippen molar-refractivity contribution >= 4 is 12.0 Å². The Labute approximate surface area is 170 Å². The SMILES string of the molecule is N#Cc1cccc(-c2cnc(C(=O)N[C@@H]3C[C@@H](Cn4ccnn4)N(C(=O)O)C3)o2)c1. The number of carbonyl (C=O) groups excluding carboxylic acids is 1. The van der Waals surface area contributed by atoms with E-state index in [4.69, 9.17) is 9.68 Å². The van der Waals surface area contributed by atoms with Crippen molar-refractivity contribution < 1.29 is 19.1 Å². The second kappa shape index (κ2) is 8.04. The smallest absolute Gasteiger partial charge is 0.407 e. The van der Waals surface area contributed by atoms with Gasteiger partial charge in [-0.25, -0.2) is 9.78 Å². The van der Waals surface area contributed by atoms with E-state index in [2.05, 4.69) is 20.6 Å². The van der Waals surface area contributed by atoms with E-state index in [1.165, 1.54) is 17.3 Å². The Morgan fingerprint density at radius 3 is 3.00 bits per heavy atom. The number of nitriles is 1. The van der Waals surface area contributed by atoms with E-state index in [-0.39, 0.29) is 24.5 Å². The molecular weight excluding hydrogens is 390 g/mol. The standard InChI is InChI=1S/C19H17N7O4/c20-8-12-2-1-3-13(6-12)16-9-21-18(30-16)17(27)23-14-7-15(26(10-14)19(28)29)11-25-5-4-22-24-25/h1-6,9,14-15H,7,10-11H2,(H,23,27)(H,28,29)/t14-,15+/m1/s1. The van der Waals surface area contributed by atoms with E-state index in [0.717, 1.165) is 0 Å². The van der Waals surface area contributed by atoms with E-state index in [9.17, 15) is 14.7 Å². The van der Waals surface area contributed by atoms with Crippen molar-refractivity contribution in [3.63, 3.8) is 0 Å². The Bertz CT molecular complexity index is 1100. The number of hydrogen-bond acceptors (Lipinski definition) is 7. The predicted octanol–water partition coefficient (Wildman–Crippen LogP) is 1.36. The zero-order chi connectivity index (χ0) is 21.1. The number of amides is 2. The number of nitrogens with one attached hydrogen (secondary N) is 1. The summed E-state index contributed by atoms with van der Waals surface area (Å²) in [5.41, 5.74) is 1.10. The summed E-state index contributed by atoms with van der Waals surface area (Å²) < 4.78 is 7.10. The maximum Gasteiger partial charge on any atom is 0.407 e. The van der Waals surface area contributed by atoms with Gasteiger partial charge in [0.05, 0.1) is 36.6 Å².